The molecule has 1 aliphatic carbocycles. The van der Waals surface area contributed by atoms with Crippen molar-refractivity contribution in [2.24, 2.45) is 11.8 Å². The standard InChI is InChI=1S/C19H34N4O4/c1-25-19(24)23-8-6-14(7-9-23)17-20-18(27-21-17)15-4-2-3-5-16(15)22-10-12-26-13-11-22/h14-18,20-21H,2-13H2,1H3. The van der Waals surface area contributed by atoms with E-state index in [0.717, 1.165) is 52.2 Å². The largest absolute Gasteiger partial charge is 0.453 e. The van der Waals surface area contributed by atoms with Crippen LogP contribution in [0.2, 0.25) is 0 Å². The molecule has 4 atom stereocenters. The summed E-state index contributed by atoms with van der Waals surface area (Å²) < 4.78 is 10.4. The van der Waals surface area contributed by atoms with E-state index in [9.17, 15) is 4.79 Å². The molecule has 0 radical (unpaired) electrons. The topological polar surface area (TPSA) is 75.3 Å². The summed E-state index contributed by atoms with van der Waals surface area (Å²) in [7, 11) is 1.45. The number of hydrogen-bond donors (Lipinski definition) is 2. The van der Waals surface area contributed by atoms with Gasteiger partial charge in [0, 0.05) is 38.1 Å². The van der Waals surface area contributed by atoms with Gasteiger partial charge in [0.2, 0.25) is 0 Å². The lowest BCUT2D eigenvalue weighted by atomic mass is 9.82. The average Bonchev–Trinajstić information content (AvgIpc) is 3.24. The van der Waals surface area contributed by atoms with Crippen molar-refractivity contribution in [3.63, 3.8) is 0 Å². The van der Waals surface area contributed by atoms with Crippen LogP contribution in [0.5, 0.6) is 0 Å². The minimum atomic E-state index is -0.217. The molecular formula is C19H34N4O4. The molecule has 2 N–H and O–H groups in total. The Hall–Kier alpha value is -0.930. The smallest absolute Gasteiger partial charge is 0.409 e. The van der Waals surface area contributed by atoms with Gasteiger partial charge in [0.1, 0.15) is 6.23 Å². The second kappa shape index (κ2) is 9.05. The molecule has 3 aliphatic heterocycles. The van der Waals surface area contributed by atoms with Gasteiger partial charge >= 0.3 is 6.09 Å². The maximum atomic E-state index is 11.7. The van der Waals surface area contributed by atoms with Crippen LogP contribution in [0.25, 0.3) is 0 Å². The third kappa shape index (κ3) is 4.40. The van der Waals surface area contributed by atoms with E-state index in [1.54, 1.807) is 4.90 Å². The summed E-state index contributed by atoms with van der Waals surface area (Å²) in [5.41, 5.74) is 3.27. The summed E-state index contributed by atoms with van der Waals surface area (Å²) in [5.74, 6) is 0.992. The van der Waals surface area contributed by atoms with Crippen LogP contribution in [0.3, 0.4) is 0 Å². The fourth-order valence-electron chi connectivity index (χ4n) is 5.23. The quantitative estimate of drug-likeness (QED) is 0.758. The molecular weight excluding hydrogens is 348 g/mol. The third-order valence-corrected chi connectivity index (χ3v) is 6.79. The zero-order valence-electron chi connectivity index (χ0n) is 16.4. The van der Waals surface area contributed by atoms with E-state index >= 15 is 0 Å². The molecule has 1 amide bonds. The summed E-state index contributed by atoms with van der Waals surface area (Å²) in [4.78, 5) is 22.1. The van der Waals surface area contributed by atoms with E-state index in [0.29, 0.717) is 17.9 Å². The summed E-state index contributed by atoms with van der Waals surface area (Å²) in [6, 6.07) is 0.585. The van der Waals surface area contributed by atoms with Crippen LogP contribution in [0.15, 0.2) is 0 Å². The molecule has 4 unspecified atom stereocenters. The third-order valence-electron chi connectivity index (χ3n) is 6.79. The van der Waals surface area contributed by atoms with Crippen molar-refractivity contribution >= 4 is 6.09 Å². The SMILES string of the molecule is COC(=O)N1CCC(C2NOC(C3CCCCC3N3CCOCC3)N2)CC1. The first-order valence-electron chi connectivity index (χ1n) is 10.6. The summed E-state index contributed by atoms with van der Waals surface area (Å²) in [6.07, 6.45) is 7.03. The highest BCUT2D eigenvalue weighted by atomic mass is 16.7. The second-order valence-electron chi connectivity index (χ2n) is 8.26. The van der Waals surface area contributed by atoms with Crippen molar-refractivity contribution in [3.05, 3.63) is 0 Å². The summed E-state index contributed by atoms with van der Waals surface area (Å²) in [5, 5.41) is 3.73. The molecule has 154 valence electrons. The second-order valence-corrected chi connectivity index (χ2v) is 8.26. The highest BCUT2D eigenvalue weighted by Crippen LogP contribution is 2.34. The molecule has 27 heavy (non-hydrogen) atoms. The van der Waals surface area contributed by atoms with Crippen LogP contribution >= 0.6 is 0 Å². The van der Waals surface area contributed by atoms with Crippen LogP contribution < -0.4 is 10.8 Å². The number of ether oxygens (including phenoxy) is 2. The zero-order valence-corrected chi connectivity index (χ0v) is 16.4. The molecule has 3 heterocycles. The summed E-state index contributed by atoms with van der Waals surface area (Å²) in [6.45, 7) is 5.28. The van der Waals surface area contributed by atoms with E-state index in [1.807, 2.05) is 0 Å². The van der Waals surface area contributed by atoms with E-state index in [-0.39, 0.29) is 18.5 Å². The molecule has 0 aromatic carbocycles. The van der Waals surface area contributed by atoms with Crippen molar-refractivity contribution in [3.8, 4) is 0 Å². The van der Waals surface area contributed by atoms with E-state index in [4.69, 9.17) is 14.3 Å². The number of amides is 1. The average molecular weight is 383 g/mol. The normalized spacial score (nSPS) is 36.7. The number of rotatable bonds is 3. The van der Waals surface area contributed by atoms with Crippen LogP contribution in [0, 0.1) is 11.8 Å². The number of piperidine rings is 1. The maximum absolute atomic E-state index is 11.7. The van der Waals surface area contributed by atoms with E-state index in [2.05, 4.69) is 15.7 Å². The fourth-order valence-corrected chi connectivity index (χ4v) is 5.23. The lowest BCUT2D eigenvalue weighted by Gasteiger charge is -2.43. The van der Waals surface area contributed by atoms with Gasteiger partial charge in [0.05, 0.1) is 26.5 Å². The van der Waals surface area contributed by atoms with Crippen LogP contribution in [0.1, 0.15) is 38.5 Å². The molecule has 0 bridgehead atoms. The van der Waals surface area contributed by atoms with Crippen molar-refractivity contribution in [1.82, 2.24) is 20.6 Å². The molecule has 0 spiro atoms. The van der Waals surface area contributed by atoms with Gasteiger partial charge in [0.15, 0.2) is 0 Å². The number of likely N-dealkylation sites (tertiary alicyclic amines) is 1. The summed E-state index contributed by atoms with van der Waals surface area (Å²) >= 11 is 0. The number of carbonyl (C=O) groups excluding carboxylic acids is 1. The van der Waals surface area contributed by atoms with E-state index in [1.165, 1.54) is 32.8 Å². The number of hydrogen-bond acceptors (Lipinski definition) is 7. The van der Waals surface area contributed by atoms with Crippen LogP contribution in [0.4, 0.5) is 4.79 Å². The van der Waals surface area contributed by atoms with Gasteiger partial charge < -0.3 is 14.4 Å². The van der Waals surface area contributed by atoms with E-state index < -0.39 is 0 Å². The lowest BCUT2D eigenvalue weighted by molar-refractivity contribution is -0.0692. The van der Waals surface area contributed by atoms with Gasteiger partial charge in [-0.2, -0.15) is 5.48 Å². The van der Waals surface area contributed by atoms with Gasteiger partial charge in [-0.25, -0.2) is 4.79 Å². The van der Waals surface area contributed by atoms with Crippen LogP contribution in [-0.2, 0) is 14.3 Å². The highest BCUT2D eigenvalue weighted by Gasteiger charge is 2.42. The lowest BCUT2D eigenvalue weighted by Crippen LogP contribution is -2.54. The molecule has 8 nitrogen and oxygen atoms in total. The number of nitrogens with zero attached hydrogens (tertiary/aromatic N) is 2. The predicted molar refractivity (Wildman–Crippen MR) is 99.8 cm³/mol. The minimum absolute atomic E-state index is 0.0711. The molecule has 0 aromatic rings. The monoisotopic (exact) mass is 382 g/mol. The molecule has 3 saturated heterocycles. The van der Waals surface area contributed by atoms with Gasteiger partial charge in [-0.05, 0) is 31.6 Å². The highest BCUT2D eigenvalue weighted by molar-refractivity contribution is 5.67. The van der Waals surface area contributed by atoms with Crippen molar-refractivity contribution in [2.45, 2.75) is 57.0 Å². The zero-order chi connectivity index (χ0) is 18.6. The Kier molecular flexibility index (Phi) is 6.50. The number of nitrogens with one attached hydrogen (secondary N) is 2. The fraction of sp³-hybridized carbons (Fsp3) is 0.947. The van der Waals surface area contributed by atoms with Crippen molar-refractivity contribution in [1.29, 1.82) is 0 Å². The van der Waals surface area contributed by atoms with Gasteiger partial charge in [-0.15, -0.1) is 0 Å². The Bertz CT molecular complexity index is 494. The van der Waals surface area contributed by atoms with Gasteiger partial charge in [-0.1, -0.05) is 12.8 Å². The first-order chi connectivity index (χ1) is 13.3. The Morgan fingerprint density at radius 2 is 1.78 bits per heavy atom. The molecule has 4 fully saturated rings. The van der Waals surface area contributed by atoms with Crippen LogP contribution in [-0.4, -0.2) is 80.8 Å². The maximum Gasteiger partial charge on any atom is 0.409 e. The Balaban J connectivity index is 1.31. The molecule has 4 aliphatic rings. The number of carbonyl (C=O) groups is 1. The Morgan fingerprint density at radius 3 is 2.52 bits per heavy atom. The predicted octanol–water partition coefficient (Wildman–Crippen LogP) is 1.13. The number of methoxy groups -OCH3 is 1. The van der Waals surface area contributed by atoms with Gasteiger partial charge in [0.25, 0.3) is 0 Å². The Morgan fingerprint density at radius 1 is 1.04 bits per heavy atom. The van der Waals surface area contributed by atoms with Gasteiger partial charge in [-0.3, -0.25) is 15.1 Å². The van der Waals surface area contributed by atoms with Crippen molar-refractivity contribution in [2.75, 3.05) is 46.5 Å². The Labute approximate surface area is 161 Å². The molecule has 0 aromatic heterocycles. The minimum Gasteiger partial charge on any atom is -0.453 e. The number of morpholine rings is 1. The first kappa shape index (κ1) is 19.4. The molecule has 8 heteroatoms. The van der Waals surface area contributed by atoms with Crippen molar-refractivity contribution < 1.29 is 19.1 Å². The molecule has 4 rings (SSSR count). The first-order valence-corrected chi connectivity index (χ1v) is 10.6. The number of hydroxylamine groups is 1. The molecule has 1 saturated carbocycles.